The van der Waals surface area contributed by atoms with Gasteiger partial charge in [-0.1, -0.05) is 49.2 Å². The molecule has 2 aromatic rings. The molecule has 5 heteroatoms. The highest BCUT2D eigenvalue weighted by atomic mass is 35.5. The van der Waals surface area contributed by atoms with Crippen molar-refractivity contribution in [2.75, 3.05) is 0 Å². The van der Waals surface area contributed by atoms with E-state index in [0.29, 0.717) is 22.3 Å². The number of hydrogen-bond acceptors (Lipinski definition) is 2. The summed E-state index contributed by atoms with van der Waals surface area (Å²) in [6.07, 6.45) is 0. The molecule has 0 amide bonds. The van der Waals surface area contributed by atoms with E-state index in [1.165, 1.54) is 6.07 Å². The standard InChI is InChI=1S/C16H16Cl2FNO/c1-10(2)20-9-11-4-3-5-14(19)16(11)21-15-8-12(17)6-7-13(15)18/h3-8,10,20H,9H2,1-2H3. The van der Waals surface area contributed by atoms with Crippen LogP contribution in [0.5, 0.6) is 11.5 Å². The first-order valence-corrected chi connectivity index (χ1v) is 7.36. The number of rotatable bonds is 5. The van der Waals surface area contributed by atoms with Crippen molar-refractivity contribution < 1.29 is 9.13 Å². The Morgan fingerprint density at radius 3 is 2.67 bits per heavy atom. The lowest BCUT2D eigenvalue weighted by atomic mass is 10.2. The van der Waals surface area contributed by atoms with Crippen molar-refractivity contribution in [3.63, 3.8) is 0 Å². The van der Waals surface area contributed by atoms with Crippen LogP contribution in [0.25, 0.3) is 0 Å². The molecule has 0 spiro atoms. The van der Waals surface area contributed by atoms with Gasteiger partial charge in [-0.05, 0) is 18.2 Å². The highest BCUT2D eigenvalue weighted by Crippen LogP contribution is 2.34. The van der Waals surface area contributed by atoms with Crippen molar-refractivity contribution in [3.05, 3.63) is 57.8 Å². The Morgan fingerprint density at radius 1 is 1.19 bits per heavy atom. The van der Waals surface area contributed by atoms with E-state index < -0.39 is 5.82 Å². The van der Waals surface area contributed by atoms with Crippen LogP contribution >= 0.6 is 23.2 Å². The third-order valence-corrected chi connectivity index (χ3v) is 3.40. The van der Waals surface area contributed by atoms with E-state index in [1.807, 2.05) is 19.9 Å². The first-order valence-electron chi connectivity index (χ1n) is 6.61. The average molecular weight is 328 g/mol. The zero-order chi connectivity index (χ0) is 15.4. The minimum Gasteiger partial charge on any atom is -0.452 e. The Balaban J connectivity index is 2.32. The highest BCUT2D eigenvalue weighted by Gasteiger charge is 2.13. The molecule has 0 radical (unpaired) electrons. The summed E-state index contributed by atoms with van der Waals surface area (Å²) < 4.78 is 19.7. The maximum Gasteiger partial charge on any atom is 0.167 e. The third kappa shape index (κ3) is 4.34. The summed E-state index contributed by atoms with van der Waals surface area (Å²) in [7, 11) is 0. The van der Waals surface area contributed by atoms with Crippen LogP contribution in [-0.2, 0) is 6.54 Å². The van der Waals surface area contributed by atoms with E-state index >= 15 is 0 Å². The lowest BCUT2D eigenvalue weighted by Crippen LogP contribution is -2.22. The van der Waals surface area contributed by atoms with Crippen LogP contribution in [0.3, 0.4) is 0 Å². The molecular weight excluding hydrogens is 312 g/mol. The van der Waals surface area contributed by atoms with Gasteiger partial charge in [0.2, 0.25) is 0 Å². The average Bonchev–Trinajstić information content (AvgIpc) is 2.43. The van der Waals surface area contributed by atoms with Gasteiger partial charge in [0, 0.05) is 29.2 Å². The molecule has 1 N–H and O–H groups in total. The van der Waals surface area contributed by atoms with Gasteiger partial charge in [0.25, 0.3) is 0 Å². The van der Waals surface area contributed by atoms with Gasteiger partial charge in [0.15, 0.2) is 11.6 Å². The first-order chi connectivity index (χ1) is 9.97. The van der Waals surface area contributed by atoms with Crippen LogP contribution in [0.1, 0.15) is 19.4 Å². The zero-order valence-electron chi connectivity index (χ0n) is 11.8. The maximum atomic E-state index is 14.1. The van der Waals surface area contributed by atoms with Gasteiger partial charge in [-0.2, -0.15) is 0 Å². The summed E-state index contributed by atoms with van der Waals surface area (Å²) in [4.78, 5) is 0. The fraction of sp³-hybridized carbons (Fsp3) is 0.250. The van der Waals surface area contributed by atoms with Crippen LogP contribution in [0.15, 0.2) is 36.4 Å². The van der Waals surface area contributed by atoms with Gasteiger partial charge in [0.1, 0.15) is 5.75 Å². The molecule has 0 saturated heterocycles. The fourth-order valence-corrected chi connectivity index (χ4v) is 2.10. The normalized spacial score (nSPS) is 11.0. The van der Waals surface area contributed by atoms with Crippen molar-refractivity contribution in [1.29, 1.82) is 0 Å². The second-order valence-corrected chi connectivity index (χ2v) is 5.78. The molecule has 0 aromatic heterocycles. The Labute approximate surface area is 133 Å². The number of nitrogens with one attached hydrogen (secondary N) is 1. The van der Waals surface area contributed by atoms with E-state index in [1.54, 1.807) is 24.3 Å². The van der Waals surface area contributed by atoms with Crippen molar-refractivity contribution in [2.45, 2.75) is 26.4 Å². The molecule has 0 aliphatic heterocycles. The molecule has 21 heavy (non-hydrogen) atoms. The first kappa shape index (κ1) is 16.1. The topological polar surface area (TPSA) is 21.3 Å². The Morgan fingerprint density at radius 2 is 1.95 bits per heavy atom. The number of halogens is 3. The predicted octanol–water partition coefficient (Wildman–Crippen LogP) is 5.42. The van der Waals surface area contributed by atoms with Crippen LogP contribution < -0.4 is 10.1 Å². The molecule has 2 rings (SSSR count). The summed E-state index contributed by atoms with van der Waals surface area (Å²) in [5, 5.41) is 4.09. The molecular formula is C16H16Cl2FNO. The Bertz CT molecular complexity index is 632. The lowest BCUT2D eigenvalue weighted by Gasteiger charge is -2.15. The van der Waals surface area contributed by atoms with Crippen LogP contribution in [0.2, 0.25) is 10.0 Å². The fourth-order valence-electron chi connectivity index (χ4n) is 1.79. The second kappa shape index (κ2) is 7.12. The van der Waals surface area contributed by atoms with Gasteiger partial charge in [0.05, 0.1) is 5.02 Å². The summed E-state index contributed by atoms with van der Waals surface area (Å²) in [5.74, 6) is 0.0592. The lowest BCUT2D eigenvalue weighted by molar-refractivity contribution is 0.432. The van der Waals surface area contributed by atoms with Gasteiger partial charge in [-0.15, -0.1) is 0 Å². The number of hydrogen-bond donors (Lipinski definition) is 1. The summed E-state index contributed by atoms with van der Waals surface area (Å²) in [6.45, 7) is 4.55. The molecule has 0 fully saturated rings. The minimum atomic E-state index is -0.436. The molecule has 0 bridgehead atoms. The Hall–Kier alpha value is -1.29. The van der Waals surface area contributed by atoms with Gasteiger partial charge >= 0.3 is 0 Å². The number of benzene rings is 2. The van der Waals surface area contributed by atoms with Crippen LogP contribution in [0, 0.1) is 5.82 Å². The monoisotopic (exact) mass is 327 g/mol. The minimum absolute atomic E-state index is 0.162. The number of para-hydroxylation sites is 1. The molecule has 112 valence electrons. The summed E-state index contributed by atoms with van der Waals surface area (Å²) in [6, 6.07) is 9.94. The molecule has 0 saturated carbocycles. The Kier molecular flexibility index (Phi) is 5.45. The quantitative estimate of drug-likeness (QED) is 0.791. The SMILES string of the molecule is CC(C)NCc1cccc(F)c1Oc1cc(Cl)ccc1Cl. The van der Waals surface area contributed by atoms with E-state index in [-0.39, 0.29) is 11.8 Å². The van der Waals surface area contributed by atoms with Crippen molar-refractivity contribution in [2.24, 2.45) is 0 Å². The van der Waals surface area contributed by atoms with Crippen molar-refractivity contribution in [3.8, 4) is 11.5 Å². The van der Waals surface area contributed by atoms with Gasteiger partial charge in [-0.25, -0.2) is 4.39 Å². The van der Waals surface area contributed by atoms with Crippen molar-refractivity contribution >= 4 is 23.2 Å². The molecule has 0 aliphatic carbocycles. The highest BCUT2D eigenvalue weighted by molar-refractivity contribution is 6.34. The number of ether oxygens (including phenoxy) is 1. The van der Waals surface area contributed by atoms with Gasteiger partial charge in [-0.3, -0.25) is 0 Å². The maximum absolute atomic E-state index is 14.1. The van der Waals surface area contributed by atoms with Crippen molar-refractivity contribution in [1.82, 2.24) is 5.32 Å². The second-order valence-electron chi connectivity index (χ2n) is 4.94. The molecule has 2 nitrogen and oxygen atoms in total. The van der Waals surface area contributed by atoms with Gasteiger partial charge < -0.3 is 10.1 Å². The molecule has 2 aromatic carbocycles. The predicted molar refractivity (Wildman–Crippen MR) is 84.9 cm³/mol. The largest absolute Gasteiger partial charge is 0.452 e. The molecule has 0 heterocycles. The van der Waals surface area contributed by atoms with E-state index in [2.05, 4.69) is 5.32 Å². The van der Waals surface area contributed by atoms with Crippen LogP contribution in [0.4, 0.5) is 4.39 Å². The molecule has 0 unspecified atom stereocenters. The van der Waals surface area contributed by atoms with E-state index in [9.17, 15) is 4.39 Å². The summed E-state index contributed by atoms with van der Waals surface area (Å²) in [5.41, 5.74) is 0.722. The zero-order valence-corrected chi connectivity index (χ0v) is 13.3. The third-order valence-electron chi connectivity index (χ3n) is 2.85. The van der Waals surface area contributed by atoms with Crippen LogP contribution in [-0.4, -0.2) is 6.04 Å². The summed E-state index contributed by atoms with van der Waals surface area (Å²) >= 11 is 12.0. The molecule has 0 atom stereocenters. The molecule has 0 aliphatic rings. The van der Waals surface area contributed by atoms with E-state index in [0.717, 1.165) is 5.56 Å². The smallest absolute Gasteiger partial charge is 0.167 e. The van der Waals surface area contributed by atoms with E-state index in [4.69, 9.17) is 27.9 Å².